The average molecular weight is 393 g/mol. The van der Waals surface area contributed by atoms with Gasteiger partial charge in [0, 0.05) is 24.1 Å². The van der Waals surface area contributed by atoms with Gasteiger partial charge in [0.05, 0.1) is 15.0 Å². The van der Waals surface area contributed by atoms with Crippen molar-refractivity contribution in [3.05, 3.63) is 69.1 Å². The minimum Gasteiger partial charge on any atom is -0.396 e. The van der Waals surface area contributed by atoms with Crippen molar-refractivity contribution in [1.29, 1.82) is 0 Å². The quantitative estimate of drug-likeness (QED) is 0.706. The smallest absolute Gasteiger partial charge is 0.123 e. The molecule has 0 amide bonds. The predicted molar refractivity (Wildman–Crippen MR) is 93.0 cm³/mol. The van der Waals surface area contributed by atoms with Crippen molar-refractivity contribution in [3.8, 4) is 10.6 Å². The molecule has 1 aromatic carbocycles. The van der Waals surface area contributed by atoms with Crippen LogP contribution in [0, 0.1) is 5.82 Å². The second kappa shape index (κ2) is 7.29. The lowest BCUT2D eigenvalue weighted by atomic mass is 10.1. The van der Waals surface area contributed by atoms with Crippen molar-refractivity contribution in [2.45, 2.75) is 12.8 Å². The molecular weight excluding hydrogens is 379 g/mol. The van der Waals surface area contributed by atoms with Gasteiger partial charge in [0.25, 0.3) is 0 Å². The molecule has 0 spiro atoms. The molecule has 0 bridgehead atoms. The summed E-state index contributed by atoms with van der Waals surface area (Å²) in [7, 11) is 0. The van der Waals surface area contributed by atoms with Crippen LogP contribution in [0.1, 0.15) is 16.0 Å². The van der Waals surface area contributed by atoms with Crippen LogP contribution in [0.25, 0.3) is 10.6 Å². The molecule has 6 heteroatoms. The number of hydrogen-bond donors (Lipinski definition) is 1. The van der Waals surface area contributed by atoms with E-state index in [1.54, 1.807) is 29.7 Å². The van der Waals surface area contributed by atoms with E-state index in [1.165, 1.54) is 18.5 Å². The number of aliphatic hydroxyl groups is 1. The molecule has 0 unspecified atom stereocenters. The van der Waals surface area contributed by atoms with E-state index in [4.69, 9.17) is 0 Å². The topological polar surface area (TPSA) is 46.0 Å². The molecule has 0 aliphatic rings. The summed E-state index contributed by atoms with van der Waals surface area (Å²) in [6.45, 7) is 0.0948. The molecule has 23 heavy (non-hydrogen) atoms. The third-order valence-corrected chi connectivity index (χ3v) is 5.22. The molecule has 1 N–H and O–H groups in total. The Kier molecular flexibility index (Phi) is 5.15. The summed E-state index contributed by atoms with van der Waals surface area (Å²) in [6.07, 6.45) is 4.54. The fourth-order valence-electron chi connectivity index (χ4n) is 2.35. The van der Waals surface area contributed by atoms with E-state index in [0.717, 1.165) is 31.0 Å². The van der Waals surface area contributed by atoms with Gasteiger partial charge in [-0.05, 0) is 51.7 Å². The van der Waals surface area contributed by atoms with E-state index in [0.29, 0.717) is 12.8 Å². The average Bonchev–Trinajstić information content (AvgIpc) is 2.93. The Morgan fingerprint density at radius 2 is 2.00 bits per heavy atom. The number of nitrogens with zero attached hydrogens (tertiary/aromatic N) is 2. The Morgan fingerprint density at radius 1 is 1.22 bits per heavy atom. The summed E-state index contributed by atoms with van der Waals surface area (Å²) in [4.78, 5) is 10.5. The highest BCUT2D eigenvalue weighted by molar-refractivity contribution is 9.10. The van der Waals surface area contributed by atoms with Crippen molar-refractivity contribution >= 4 is 27.3 Å². The van der Waals surface area contributed by atoms with Crippen LogP contribution in [-0.4, -0.2) is 21.7 Å². The number of hydrogen-bond acceptors (Lipinski definition) is 4. The molecule has 2 heterocycles. The maximum Gasteiger partial charge on any atom is 0.123 e. The third kappa shape index (κ3) is 3.83. The van der Waals surface area contributed by atoms with E-state index in [1.807, 2.05) is 0 Å². The number of thiophene rings is 1. The van der Waals surface area contributed by atoms with Gasteiger partial charge in [-0.15, -0.1) is 11.3 Å². The Balaban J connectivity index is 1.96. The van der Waals surface area contributed by atoms with E-state index >= 15 is 0 Å². The molecule has 3 rings (SSSR count). The molecule has 0 saturated carbocycles. The maximum atomic E-state index is 13.0. The van der Waals surface area contributed by atoms with Crippen molar-refractivity contribution < 1.29 is 9.50 Å². The minimum atomic E-state index is -0.235. The van der Waals surface area contributed by atoms with Crippen LogP contribution < -0.4 is 0 Å². The first-order chi connectivity index (χ1) is 11.2. The highest BCUT2D eigenvalue weighted by Crippen LogP contribution is 2.35. The van der Waals surface area contributed by atoms with Gasteiger partial charge in [-0.1, -0.05) is 12.1 Å². The van der Waals surface area contributed by atoms with Gasteiger partial charge in [-0.3, -0.25) is 0 Å². The predicted octanol–water partition coefficient (Wildman–Crippen LogP) is 4.23. The summed E-state index contributed by atoms with van der Waals surface area (Å²) < 4.78 is 13.9. The van der Waals surface area contributed by atoms with Crippen LogP contribution >= 0.6 is 27.3 Å². The van der Waals surface area contributed by atoms with Crippen LogP contribution in [0.3, 0.4) is 0 Å². The van der Waals surface area contributed by atoms with Crippen LogP contribution in [0.2, 0.25) is 0 Å². The van der Waals surface area contributed by atoms with Crippen molar-refractivity contribution in [2.75, 3.05) is 6.61 Å². The van der Waals surface area contributed by atoms with Crippen molar-refractivity contribution in [2.24, 2.45) is 0 Å². The summed E-state index contributed by atoms with van der Waals surface area (Å²) in [6, 6.07) is 8.58. The van der Waals surface area contributed by atoms with Gasteiger partial charge < -0.3 is 5.11 Å². The molecule has 2 aromatic heterocycles. The summed E-state index contributed by atoms with van der Waals surface area (Å²) in [5.74, 6) is -0.235. The van der Waals surface area contributed by atoms with Crippen LogP contribution in [0.15, 0.2) is 47.3 Å². The van der Waals surface area contributed by atoms with E-state index in [2.05, 4.69) is 32.0 Å². The zero-order valence-corrected chi connectivity index (χ0v) is 14.6. The van der Waals surface area contributed by atoms with E-state index < -0.39 is 0 Å². The van der Waals surface area contributed by atoms with E-state index in [9.17, 15) is 9.50 Å². The number of benzene rings is 1. The summed E-state index contributed by atoms with van der Waals surface area (Å²) in [5.41, 5.74) is 2.98. The number of aromatic nitrogens is 2. The van der Waals surface area contributed by atoms with Crippen LogP contribution in [0.5, 0.6) is 0 Å². The highest BCUT2D eigenvalue weighted by Gasteiger charge is 2.14. The van der Waals surface area contributed by atoms with Gasteiger partial charge in [-0.25, -0.2) is 14.4 Å². The molecule has 0 fully saturated rings. The second-order valence-corrected chi connectivity index (χ2v) is 7.05. The lowest BCUT2D eigenvalue weighted by Gasteiger charge is -2.02. The fourth-order valence-corrected chi connectivity index (χ4v) is 4.17. The maximum absolute atomic E-state index is 13.0. The molecular formula is C17H14BrFN2OS. The molecule has 3 aromatic rings. The number of aliphatic hydroxyl groups excluding tert-OH is 1. The first-order valence-electron chi connectivity index (χ1n) is 7.10. The molecule has 0 atom stereocenters. The molecule has 3 nitrogen and oxygen atoms in total. The van der Waals surface area contributed by atoms with Gasteiger partial charge in [0.1, 0.15) is 12.1 Å². The zero-order valence-electron chi connectivity index (χ0n) is 12.2. The van der Waals surface area contributed by atoms with Crippen LogP contribution in [-0.2, 0) is 12.8 Å². The lowest BCUT2D eigenvalue weighted by molar-refractivity contribution is 0.299. The van der Waals surface area contributed by atoms with Crippen molar-refractivity contribution in [1.82, 2.24) is 9.97 Å². The van der Waals surface area contributed by atoms with Crippen molar-refractivity contribution in [3.63, 3.8) is 0 Å². The first kappa shape index (κ1) is 16.2. The largest absolute Gasteiger partial charge is 0.396 e. The van der Waals surface area contributed by atoms with Gasteiger partial charge >= 0.3 is 0 Å². The minimum absolute atomic E-state index is 0.0948. The van der Waals surface area contributed by atoms with Gasteiger partial charge in [0.15, 0.2) is 0 Å². The SMILES string of the molecule is OCCc1cc(-c2ncncc2Br)sc1Cc1ccc(F)cc1. The first-order valence-corrected chi connectivity index (χ1v) is 8.71. The Morgan fingerprint density at radius 3 is 2.70 bits per heavy atom. The monoisotopic (exact) mass is 392 g/mol. The summed E-state index contributed by atoms with van der Waals surface area (Å²) in [5, 5.41) is 9.30. The molecule has 0 saturated heterocycles. The zero-order chi connectivity index (χ0) is 16.2. The fraction of sp³-hybridized carbons (Fsp3) is 0.176. The Labute approximate surface area is 146 Å². The molecule has 0 aliphatic carbocycles. The lowest BCUT2D eigenvalue weighted by Crippen LogP contribution is -1.94. The normalized spacial score (nSPS) is 10.9. The highest BCUT2D eigenvalue weighted by atomic mass is 79.9. The number of rotatable bonds is 5. The number of halogens is 2. The van der Waals surface area contributed by atoms with Crippen LogP contribution in [0.4, 0.5) is 4.39 Å². The standard InChI is InChI=1S/C17H14BrFN2OS/c18-14-9-20-10-21-17(14)16-8-12(5-6-22)15(23-16)7-11-1-3-13(19)4-2-11/h1-4,8-10,22H,5-7H2. The third-order valence-electron chi connectivity index (χ3n) is 3.46. The van der Waals surface area contributed by atoms with E-state index in [-0.39, 0.29) is 12.4 Å². The van der Waals surface area contributed by atoms with Gasteiger partial charge in [0.2, 0.25) is 0 Å². The molecule has 0 radical (unpaired) electrons. The van der Waals surface area contributed by atoms with Gasteiger partial charge in [-0.2, -0.15) is 0 Å². The molecule has 0 aliphatic heterocycles. The second-order valence-electron chi connectivity index (χ2n) is 5.06. The summed E-state index contributed by atoms with van der Waals surface area (Å²) >= 11 is 5.11. The molecule has 118 valence electrons. The Hall–Kier alpha value is -1.63. The Bertz CT molecular complexity index is 805.